The summed E-state index contributed by atoms with van der Waals surface area (Å²) in [6, 6.07) is 1.17. The molecular formula is C14H33NO3Si2. The highest BCUT2D eigenvalue weighted by Crippen LogP contribution is 2.13. The molecule has 0 fully saturated rings. The Bertz CT molecular complexity index is 291. The lowest BCUT2D eigenvalue weighted by Gasteiger charge is -2.24. The van der Waals surface area contributed by atoms with Crippen LogP contribution in [-0.4, -0.2) is 54.2 Å². The summed E-state index contributed by atoms with van der Waals surface area (Å²) < 4.78 is 11.0. The molecule has 0 saturated carbocycles. The average molecular weight is 320 g/mol. The van der Waals surface area contributed by atoms with E-state index in [1.807, 2.05) is 26.8 Å². The van der Waals surface area contributed by atoms with E-state index in [-0.39, 0.29) is 5.97 Å². The molecule has 120 valence electrons. The molecule has 0 amide bonds. The number of carbonyl (C=O) groups excluding carboxylic acids is 1. The fourth-order valence-corrected chi connectivity index (χ4v) is 3.90. The van der Waals surface area contributed by atoms with Crippen LogP contribution in [-0.2, 0) is 13.6 Å². The summed E-state index contributed by atoms with van der Waals surface area (Å²) in [5, 5.41) is 0. The third-order valence-electron chi connectivity index (χ3n) is 3.31. The lowest BCUT2D eigenvalue weighted by atomic mass is 10.3. The Labute approximate surface area is 127 Å². The van der Waals surface area contributed by atoms with Gasteiger partial charge in [0.05, 0.1) is 6.42 Å². The molecule has 0 heterocycles. The highest BCUT2D eigenvalue weighted by Gasteiger charge is 2.21. The molecule has 0 aromatic heterocycles. The molecular weight excluding hydrogens is 286 g/mol. The van der Waals surface area contributed by atoms with E-state index in [1.165, 1.54) is 6.04 Å². The van der Waals surface area contributed by atoms with Crippen LogP contribution in [0.1, 0.15) is 19.8 Å². The second-order valence-electron chi connectivity index (χ2n) is 6.84. The van der Waals surface area contributed by atoms with E-state index >= 15 is 0 Å². The van der Waals surface area contributed by atoms with E-state index in [0.717, 1.165) is 26.1 Å². The van der Waals surface area contributed by atoms with E-state index in [1.54, 1.807) is 0 Å². The molecule has 0 saturated heterocycles. The van der Waals surface area contributed by atoms with Crippen molar-refractivity contribution in [2.75, 3.05) is 26.7 Å². The average Bonchev–Trinajstić information content (AvgIpc) is 2.31. The monoisotopic (exact) mass is 319 g/mol. The molecule has 0 aromatic rings. The Hall–Kier alpha value is -0.176. The predicted octanol–water partition coefficient (Wildman–Crippen LogP) is 3.32. The van der Waals surface area contributed by atoms with Crippen molar-refractivity contribution in [3.63, 3.8) is 0 Å². The van der Waals surface area contributed by atoms with Crippen LogP contribution >= 0.6 is 0 Å². The van der Waals surface area contributed by atoms with Gasteiger partial charge in [-0.1, -0.05) is 6.92 Å². The molecule has 0 atom stereocenters. The molecule has 0 spiro atoms. The minimum absolute atomic E-state index is 0.0470. The van der Waals surface area contributed by atoms with Crippen LogP contribution in [0.15, 0.2) is 0 Å². The quantitative estimate of drug-likeness (QED) is 0.579. The Kier molecular flexibility index (Phi) is 8.89. The number of carbonyl (C=O) groups is 1. The van der Waals surface area contributed by atoms with E-state index in [0.29, 0.717) is 6.42 Å². The van der Waals surface area contributed by atoms with Crippen LogP contribution in [0.3, 0.4) is 0 Å². The van der Waals surface area contributed by atoms with Crippen LogP contribution in [0, 0.1) is 0 Å². The highest BCUT2D eigenvalue weighted by molar-refractivity contribution is 6.71. The first-order valence-electron chi connectivity index (χ1n) is 7.59. The molecule has 6 heteroatoms. The summed E-state index contributed by atoms with van der Waals surface area (Å²) in [6.45, 7) is 15.6. The van der Waals surface area contributed by atoms with Gasteiger partial charge in [-0.3, -0.25) is 4.79 Å². The van der Waals surface area contributed by atoms with Crippen molar-refractivity contribution >= 4 is 22.6 Å². The van der Waals surface area contributed by atoms with Crippen LogP contribution in [0.4, 0.5) is 0 Å². The second-order valence-corrected chi connectivity index (χ2v) is 15.7. The van der Waals surface area contributed by atoms with Gasteiger partial charge in [-0.05, 0) is 58.3 Å². The standard InChI is InChI=1S/C14H33NO3Si2/c1-8-15(11-9-13-20(6,7)17-2)12-10-14(16)18-19(3,4)5/h8-13H2,1-7H3. The maximum atomic E-state index is 11.7. The number of nitrogens with zero attached hydrogens (tertiary/aromatic N) is 1. The van der Waals surface area contributed by atoms with Crippen LogP contribution in [0.5, 0.6) is 0 Å². The summed E-state index contributed by atoms with van der Waals surface area (Å²) in [5.74, 6) is -0.0470. The first-order chi connectivity index (χ1) is 9.09. The van der Waals surface area contributed by atoms with Crippen molar-refractivity contribution < 1.29 is 13.6 Å². The summed E-state index contributed by atoms with van der Waals surface area (Å²) >= 11 is 0. The number of rotatable bonds is 10. The molecule has 4 nitrogen and oxygen atoms in total. The Morgan fingerprint density at radius 3 is 2.15 bits per heavy atom. The fourth-order valence-electron chi connectivity index (χ4n) is 1.90. The Morgan fingerprint density at radius 2 is 1.70 bits per heavy atom. The van der Waals surface area contributed by atoms with Crippen molar-refractivity contribution in [2.24, 2.45) is 0 Å². The Morgan fingerprint density at radius 1 is 1.10 bits per heavy atom. The zero-order valence-electron chi connectivity index (χ0n) is 14.4. The summed E-state index contributed by atoms with van der Waals surface area (Å²) in [7, 11) is -1.37. The van der Waals surface area contributed by atoms with Crippen molar-refractivity contribution in [2.45, 2.75) is 58.5 Å². The number of hydrogen-bond donors (Lipinski definition) is 0. The SMILES string of the molecule is CCN(CCC[Si](C)(C)OC)CCC(=O)O[Si](C)(C)C. The van der Waals surface area contributed by atoms with Crippen molar-refractivity contribution in [1.29, 1.82) is 0 Å². The summed E-state index contributed by atoms with van der Waals surface area (Å²) in [4.78, 5) is 14.1. The lowest BCUT2D eigenvalue weighted by Crippen LogP contribution is -2.34. The van der Waals surface area contributed by atoms with Gasteiger partial charge in [-0.25, -0.2) is 0 Å². The maximum Gasteiger partial charge on any atom is 0.293 e. The van der Waals surface area contributed by atoms with Gasteiger partial charge in [0.2, 0.25) is 8.32 Å². The van der Waals surface area contributed by atoms with Gasteiger partial charge >= 0.3 is 0 Å². The van der Waals surface area contributed by atoms with Crippen molar-refractivity contribution in [3.05, 3.63) is 0 Å². The van der Waals surface area contributed by atoms with Crippen LogP contribution in [0.25, 0.3) is 0 Å². The maximum absolute atomic E-state index is 11.7. The van der Waals surface area contributed by atoms with E-state index in [9.17, 15) is 4.79 Å². The molecule has 0 aliphatic heterocycles. The second kappa shape index (κ2) is 8.97. The van der Waals surface area contributed by atoms with Crippen LogP contribution < -0.4 is 0 Å². The smallest absolute Gasteiger partial charge is 0.293 e. The molecule has 0 aliphatic rings. The minimum Gasteiger partial charge on any atom is -0.520 e. The van der Waals surface area contributed by atoms with E-state index in [2.05, 4.69) is 24.9 Å². The van der Waals surface area contributed by atoms with Gasteiger partial charge in [-0.15, -0.1) is 0 Å². The van der Waals surface area contributed by atoms with Crippen LogP contribution in [0.2, 0.25) is 38.8 Å². The van der Waals surface area contributed by atoms with Gasteiger partial charge in [-0.2, -0.15) is 0 Å². The minimum atomic E-state index is -1.74. The van der Waals surface area contributed by atoms with E-state index in [4.69, 9.17) is 8.85 Å². The topological polar surface area (TPSA) is 38.8 Å². The zero-order chi connectivity index (χ0) is 15.8. The first kappa shape index (κ1) is 19.8. The molecule has 0 radical (unpaired) electrons. The van der Waals surface area contributed by atoms with E-state index < -0.39 is 16.6 Å². The molecule has 0 unspecified atom stereocenters. The summed E-state index contributed by atoms with van der Waals surface area (Å²) in [5.41, 5.74) is 0. The van der Waals surface area contributed by atoms with Crippen molar-refractivity contribution in [1.82, 2.24) is 4.90 Å². The molecule has 20 heavy (non-hydrogen) atoms. The van der Waals surface area contributed by atoms with Gasteiger partial charge in [0.15, 0.2) is 8.32 Å². The predicted molar refractivity (Wildman–Crippen MR) is 90.1 cm³/mol. The third kappa shape index (κ3) is 10.6. The normalized spacial score (nSPS) is 12.8. The van der Waals surface area contributed by atoms with Gasteiger partial charge in [0, 0.05) is 13.7 Å². The highest BCUT2D eigenvalue weighted by atomic mass is 28.4. The van der Waals surface area contributed by atoms with Gasteiger partial charge in [0.1, 0.15) is 0 Å². The first-order valence-corrected chi connectivity index (χ1v) is 14.1. The molecule has 0 aromatic carbocycles. The molecule has 0 N–H and O–H groups in total. The Balaban J connectivity index is 3.96. The lowest BCUT2D eigenvalue weighted by molar-refractivity contribution is -0.135. The molecule has 0 bridgehead atoms. The fraction of sp³-hybridized carbons (Fsp3) is 0.929. The van der Waals surface area contributed by atoms with Crippen molar-refractivity contribution in [3.8, 4) is 0 Å². The molecule has 0 rings (SSSR count). The largest absolute Gasteiger partial charge is 0.520 e. The van der Waals surface area contributed by atoms with Gasteiger partial charge < -0.3 is 13.8 Å². The zero-order valence-corrected chi connectivity index (χ0v) is 16.4. The van der Waals surface area contributed by atoms with Gasteiger partial charge in [0.25, 0.3) is 5.97 Å². The third-order valence-corrected chi connectivity index (χ3v) is 6.81. The number of hydrogen-bond acceptors (Lipinski definition) is 4. The molecule has 0 aliphatic carbocycles. The summed E-state index contributed by atoms with van der Waals surface area (Å²) in [6.07, 6.45) is 1.65.